The number of hydrogen-bond acceptors (Lipinski definition) is 2. The first-order chi connectivity index (χ1) is 10.3. The number of thioether (sulfide) groups is 1. The van der Waals surface area contributed by atoms with Crippen LogP contribution < -0.4 is 5.32 Å². The number of nitrogens with one attached hydrogen (secondary N) is 1. The van der Waals surface area contributed by atoms with Crippen LogP contribution in [-0.2, 0) is 6.54 Å². The molecule has 2 aromatic rings. The Morgan fingerprint density at radius 3 is 2.29 bits per heavy atom. The highest BCUT2D eigenvalue weighted by atomic mass is 32.2. The van der Waals surface area contributed by atoms with Crippen LogP contribution in [-0.4, -0.2) is 5.25 Å². The second-order valence-electron chi connectivity index (χ2n) is 5.89. The lowest BCUT2D eigenvalue weighted by molar-refractivity contribution is 0.886. The van der Waals surface area contributed by atoms with E-state index in [0.29, 0.717) is 0 Å². The molecule has 0 heterocycles. The highest BCUT2D eigenvalue weighted by Gasteiger charge is 2.15. The van der Waals surface area contributed by atoms with Gasteiger partial charge in [0.05, 0.1) is 0 Å². The first kappa shape index (κ1) is 14.5. The highest BCUT2D eigenvalue weighted by Crippen LogP contribution is 2.34. The minimum atomic E-state index is 0.844. The minimum absolute atomic E-state index is 0.844. The van der Waals surface area contributed by atoms with Gasteiger partial charge in [-0.3, -0.25) is 0 Å². The van der Waals surface area contributed by atoms with Crippen molar-refractivity contribution < 1.29 is 0 Å². The molecule has 1 fully saturated rings. The molecule has 0 aromatic heterocycles. The molecule has 1 saturated carbocycles. The summed E-state index contributed by atoms with van der Waals surface area (Å²) in [4.78, 5) is 1.41. The Morgan fingerprint density at radius 2 is 1.62 bits per heavy atom. The molecule has 0 saturated heterocycles. The standard InChI is InChI=1S/C19H23NS/c1-15-6-8-16(9-7-15)14-20-17-10-12-19(13-11-17)21-18-4-2-3-5-18/h6-13,18,20H,2-5,14H2,1H3. The van der Waals surface area contributed by atoms with Crippen molar-refractivity contribution in [2.24, 2.45) is 0 Å². The van der Waals surface area contributed by atoms with Crippen LogP contribution in [0.25, 0.3) is 0 Å². The van der Waals surface area contributed by atoms with Crippen molar-refractivity contribution in [2.45, 2.75) is 49.3 Å². The lowest BCUT2D eigenvalue weighted by Gasteiger charge is -2.10. The van der Waals surface area contributed by atoms with Gasteiger partial charge in [-0.2, -0.15) is 0 Å². The van der Waals surface area contributed by atoms with E-state index in [0.717, 1.165) is 11.8 Å². The Hall–Kier alpha value is -1.41. The van der Waals surface area contributed by atoms with Crippen LogP contribution in [0.4, 0.5) is 5.69 Å². The monoisotopic (exact) mass is 297 g/mol. The largest absolute Gasteiger partial charge is 0.381 e. The lowest BCUT2D eigenvalue weighted by Crippen LogP contribution is -1.99. The highest BCUT2D eigenvalue weighted by molar-refractivity contribution is 8.00. The molecule has 2 aromatic carbocycles. The molecule has 0 spiro atoms. The number of anilines is 1. The smallest absolute Gasteiger partial charge is 0.0400 e. The molecule has 1 N–H and O–H groups in total. The van der Waals surface area contributed by atoms with Crippen molar-refractivity contribution in [1.82, 2.24) is 0 Å². The Balaban J connectivity index is 1.52. The van der Waals surface area contributed by atoms with Gasteiger partial charge >= 0.3 is 0 Å². The predicted molar refractivity (Wildman–Crippen MR) is 93.1 cm³/mol. The van der Waals surface area contributed by atoms with Crippen molar-refractivity contribution in [3.8, 4) is 0 Å². The average Bonchev–Trinajstić information content (AvgIpc) is 3.01. The fourth-order valence-corrected chi connectivity index (χ4v) is 4.01. The summed E-state index contributed by atoms with van der Waals surface area (Å²) >= 11 is 2.05. The van der Waals surface area contributed by atoms with E-state index >= 15 is 0 Å². The third-order valence-electron chi connectivity index (χ3n) is 4.08. The summed E-state index contributed by atoms with van der Waals surface area (Å²) in [6.45, 7) is 3.01. The zero-order chi connectivity index (χ0) is 14.5. The quantitative estimate of drug-likeness (QED) is 0.766. The van der Waals surface area contributed by atoms with E-state index < -0.39 is 0 Å². The number of benzene rings is 2. The van der Waals surface area contributed by atoms with Gasteiger partial charge in [-0.15, -0.1) is 11.8 Å². The van der Waals surface area contributed by atoms with Gasteiger partial charge in [0, 0.05) is 22.4 Å². The molecule has 3 rings (SSSR count). The van der Waals surface area contributed by atoms with E-state index in [9.17, 15) is 0 Å². The third kappa shape index (κ3) is 4.28. The summed E-state index contributed by atoms with van der Waals surface area (Å²) in [5.74, 6) is 0. The molecular weight excluding hydrogens is 274 g/mol. The summed E-state index contributed by atoms with van der Waals surface area (Å²) in [6, 6.07) is 17.6. The second kappa shape index (κ2) is 7.04. The molecule has 2 heteroatoms. The van der Waals surface area contributed by atoms with Crippen LogP contribution in [0.5, 0.6) is 0 Å². The Bertz CT molecular complexity index is 553. The van der Waals surface area contributed by atoms with Gasteiger partial charge in [0.2, 0.25) is 0 Å². The Kier molecular flexibility index (Phi) is 4.87. The van der Waals surface area contributed by atoms with Crippen molar-refractivity contribution in [3.05, 3.63) is 59.7 Å². The lowest BCUT2D eigenvalue weighted by atomic mass is 10.1. The van der Waals surface area contributed by atoms with Crippen LogP contribution in [0.3, 0.4) is 0 Å². The fourth-order valence-electron chi connectivity index (χ4n) is 2.76. The van der Waals surface area contributed by atoms with Gasteiger partial charge in [0.25, 0.3) is 0 Å². The number of aryl methyl sites for hydroxylation is 1. The molecule has 110 valence electrons. The normalized spacial score (nSPS) is 15.3. The summed E-state index contributed by atoms with van der Waals surface area (Å²) < 4.78 is 0. The van der Waals surface area contributed by atoms with E-state index in [2.05, 4.69) is 60.8 Å². The number of hydrogen-bond donors (Lipinski definition) is 1. The van der Waals surface area contributed by atoms with Crippen LogP contribution in [0, 0.1) is 6.92 Å². The summed E-state index contributed by atoms with van der Waals surface area (Å²) in [6.07, 6.45) is 5.60. The van der Waals surface area contributed by atoms with Crippen molar-refractivity contribution >= 4 is 17.4 Å². The van der Waals surface area contributed by atoms with E-state index in [1.165, 1.54) is 47.4 Å². The van der Waals surface area contributed by atoms with Crippen LogP contribution >= 0.6 is 11.8 Å². The number of rotatable bonds is 5. The zero-order valence-corrected chi connectivity index (χ0v) is 13.5. The van der Waals surface area contributed by atoms with Crippen LogP contribution in [0.15, 0.2) is 53.4 Å². The van der Waals surface area contributed by atoms with Gasteiger partial charge in [0.15, 0.2) is 0 Å². The molecule has 0 radical (unpaired) electrons. The Morgan fingerprint density at radius 1 is 0.952 bits per heavy atom. The zero-order valence-electron chi connectivity index (χ0n) is 12.6. The maximum Gasteiger partial charge on any atom is 0.0400 e. The van der Waals surface area contributed by atoms with Crippen LogP contribution in [0.2, 0.25) is 0 Å². The summed E-state index contributed by atoms with van der Waals surface area (Å²) in [5.41, 5.74) is 3.84. The van der Waals surface area contributed by atoms with E-state index in [-0.39, 0.29) is 0 Å². The van der Waals surface area contributed by atoms with Gasteiger partial charge < -0.3 is 5.32 Å². The molecule has 21 heavy (non-hydrogen) atoms. The van der Waals surface area contributed by atoms with Gasteiger partial charge in [-0.25, -0.2) is 0 Å². The average molecular weight is 297 g/mol. The second-order valence-corrected chi connectivity index (χ2v) is 7.26. The molecule has 0 aliphatic heterocycles. The van der Waals surface area contributed by atoms with Crippen molar-refractivity contribution in [1.29, 1.82) is 0 Å². The van der Waals surface area contributed by atoms with E-state index in [1.54, 1.807) is 0 Å². The molecular formula is C19H23NS. The molecule has 0 unspecified atom stereocenters. The molecule has 1 nitrogen and oxygen atoms in total. The first-order valence-corrected chi connectivity index (χ1v) is 8.74. The predicted octanol–water partition coefficient (Wildman–Crippen LogP) is 5.64. The SMILES string of the molecule is Cc1ccc(CNc2ccc(SC3CCCC3)cc2)cc1. The summed E-state index contributed by atoms with van der Waals surface area (Å²) in [7, 11) is 0. The Labute approximate surface area is 132 Å². The van der Waals surface area contributed by atoms with Crippen molar-refractivity contribution in [3.63, 3.8) is 0 Å². The molecule has 1 aliphatic rings. The van der Waals surface area contributed by atoms with Crippen molar-refractivity contribution in [2.75, 3.05) is 5.32 Å². The molecule has 0 amide bonds. The van der Waals surface area contributed by atoms with E-state index in [4.69, 9.17) is 0 Å². The van der Waals surface area contributed by atoms with Gasteiger partial charge in [-0.05, 0) is 49.6 Å². The topological polar surface area (TPSA) is 12.0 Å². The van der Waals surface area contributed by atoms with Gasteiger partial charge in [0.1, 0.15) is 0 Å². The van der Waals surface area contributed by atoms with Crippen LogP contribution in [0.1, 0.15) is 36.8 Å². The molecule has 1 aliphatic carbocycles. The molecule has 0 atom stereocenters. The minimum Gasteiger partial charge on any atom is -0.381 e. The maximum absolute atomic E-state index is 3.49. The fraction of sp³-hybridized carbons (Fsp3) is 0.368. The van der Waals surface area contributed by atoms with E-state index in [1.807, 2.05) is 11.8 Å². The van der Waals surface area contributed by atoms with Gasteiger partial charge in [-0.1, -0.05) is 42.7 Å². The molecule has 0 bridgehead atoms. The first-order valence-electron chi connectivity index (χ1n) is 7.86. The third-order valence-corrected chi connectivity index (χ3v) is 5.43. The maximum atomic E-state index is 3.49. The summed E-state index contributed by atoms with van der Waals surface area (Å²) in [5, 5.41) is 4.34.